The second kappa shape index (κ2) is 19.4. The smallest absolute Gasteiger partial charge is 0.303 e. The molecule has 5 heteroatoms. The number of hydrogen-bond acceptors (Lipinski definition) is 4. The lowest BCUT2D eigenvalue weighted by Crippen LogP contribution is -2.40. The van der Waals surface area contributed by atoms with Crippen molar-refractivity contribution in [1.29, 1.82) is 0 Å². The lowest BCUT2D eigenvalue weighted by Gasteiger charge is -2.24. The Bertz CT molecular complexity index is 637. The van der Waals surface area contributed by atoms with Crippen molar-refractivity contribution in [2.75, 3.05) is 13.1 Å². The third-order valence-electron chi connectivity index (χ3n) is 5.19. The predicted octanol–water partition coefficient (Wildman–Crippen LogP) is 7.13. The summed E-state index contributed by atoms with van der Waals surface area (Å²) in [4.78, 5) is 24.3. The Labute approximate surface area is 203 Å². The molecule has 0 spiro atoms. The fraction of sp³-hybridized carbons (Fsp3) is 0.714. The minimum Gasteiger partial charge on any atom is -0.507 e. The number of amides is 1. The van der Waals surface area contributed by atoms with E-state index < -0.39 is 12.1 Å². The summed E-state index contributed by atoms with van der Waals surface area (Å²) in [7, 11) is 0. The van der Waals surface area contributed by atoms with E-state index in [1.165, 1.54) is 38.2 Å². The Kier molecular flexibility index (Phi) is 19.5. The Morgan fingerprint density at radius 3 is 1.64 bits per heavy atom. The lowest BCUT2D eigenvalue weighted by molar-refractivity contribution is -0.157. The number of esters is 1. The summed E-state index contributed by atoms with van der Waals surface area (Å²) in [6, 6.07) is 3.95. The molecule has 1 rings (SSSR count). The van der Waals surface area contributed by atoms with E-state index in [9.17, 15) is 14.7 Å². The lowest BCUT2D eigenvalue weighted by atomic mass is 10.0. The zero-order valence-electron chi connectivity index (χ0n) is 23.1. The number of rotatable bonds is 10. The first-order chi connectivity index (χ1) is 15.4. The number of carbonyl (C=O) groups excluding carboxylic acids is 2. The van der Waals surface area contributed by atoms with Crippen LogP contribution in [0.15, 0.2) is 12.1 Å². The molecule has 0 aromatic heterocycles. The molecule has 192 valence electrons. The van der Waals surface area contributed by atoms with Crippen molar-refractivity contribution < 1.29 is 19.4 Å². The number of phenolic OH excluding ortho intramolecular Hbond substituents is 1. The third kappa shape index (κ3) is 16.3. The van der Waals surface area contributed by atoms with E-state index in [0.29, 0.717) is 5.75 Å². The van der Waals surface area contributed by atoms with Crippen LogP contribution in [0.2, 0.25) is 0 Å². The van der Waals surface area contributed by atoms with Gasteiger partial charge < -0.3 is 14.7 Å². The van der Waals surface area contributed by atoms with Crippen molar-refractivity contribution in [3.05, 3.63) is 28.8 Å². The van der Waals surface area contributed by atoms with Crippen LogP contribution in [0.3, 0.4) is 0 Å². The molecule has 5 nitrogen and oxygen atoms in total. The second-order valence-corrected chi connectivity index (χ2v) is 9.01. The van der Waals surface area contributed by atoms with E-state index in [2.05, 4.69) is 20.8 Å². The monoisotopic (exact) mass is 465 g/mol. The van der Waals surface area contributed by atoms with Crippen LogP contribution in [-0.4, -0.2) is 41.1 Å². The normalized spacial score (nSPS) is 11.0. The highest BCUT2D eigenvalue weighted by Crippen LogP contribution is 2.22. The van der Waals surface area contributed by atoms with Crippen molar-refractivity contribution in [3.63, 3.8) is 0 Å². The summed E-state index contributed by atoms with van der Waals surface area (Å²) in [6.07, 6.45) is 6.68. The fourth-order valence-corrected chi connectivity index (χ4v) is 3.73. The highest BCUT2D eigenvalue weighted by Gasteiger charge is 2.21. The predicted molar refractivity (Wildman–Crippen MR) is 140 cm³/mol. The first-order valence-electron chi connectivity index (χ1n) is 12.7. The van der Waals surface area contributed by atoms with Gasteiger partial charge in [-0.05, 0) is 57.6 Å². The summed E-state index contributed by atoms with van der Waals surface area (Å²) >= 11 is 0. The Hall–Kier alpha value is -2.04. The maximum absolute atomic E-state index is 11.8. The van der Waals surface area contributed by atoms with Crippen LogP contribution in [0.25, 0.3) is 0 Å². The van der Waals surface area contributed by atoms with Crippen LogP contribution in [0.1, 0.15) is 104 Å². The maximum Gasteiger partial charge on any atom is 0.303 e. The van der Waals surface area contributed by atoms with Crippen molar-refractivity contribution >= 4 is 11.9 Å². The minimum absolute atomic E-state index is 0.103. The molecule has 0 fully saturated rings. The van der Waals surface area contributed by atoms with Gasteiger partial charge >= 0.3 is 5.97 Å². The van der Waals surface area contributed by atoms with Crippen LogP contribution >= 0.6 is 0 Å². The number of nitrogens with zero attached hydrogens (tertiary/aromatic N) is 1. The number of phenols is 1. The van der Waals surface area contributed by atoms with Crippen molar-refractivity contribution in [2.45, 2.75) is 114 Å². The highest BCUT2D eigenvalue weighted by molar-refractivity contribution is 5.83. The van der Waals surface area contributed by atoms with E-state index in [4.69, 9.17) is 4.74 Å². The molecule has 0 saturated heterocycles. The first kappa shape index (κ1) is 33.1. The SMILES string of the molecule is CCCC(C)CCC.CCCN(CCC)C(=O)C(C)OC(C)=O.Cc1cc(C)c(O)c(C)c1. The van der Waals surface area contributed by atoms with Crippen LogP contribution in [0.4, 0.5) is 0 Å². The van der Waals surface area contributed by atoms with Gasteiger partial charge in [-0.2, -0.15) is 0 Å². The molecule has 1 aromatic rings. The average molecular weight is 466 g/mol. The van der Waals surface area contributed by atoms with Gasteiger partial charge in [0.15, 0.2) is 6.10 Å². The number of benzene rings is 1. The van der Waals surface area contributed by atoms with Crippen LogP contribution in [-0.2, 0) is 14.3 Å². The van der Waals surface area contributed by atoms with E-state index in [0.717, 1.165) is 43.0 Å². The molecule has 1 atom stereocenters. The molecule has 0 aliphatic heterocycles. The topological polar surface area (TPSA) is 66.8 Å². The summed E-state index contributed by atoms with van der Waals surface area (Å²) in [5.41, 5.74) is 3.11. The molecular formula is C28H51NO4. The molecule has 0 radical (unpaired) electrons. The largest absolute Gasteiger partial charge is 0.507 e. The quantitative estimate of drug-likeness (QED) is 0.373. The fourth-order valence-electron chi connectivity index (χ4n) is 3.73. The van der Waals surface area contributed by atoms with Crippen LogP contribution in [0, 0.1) is 26.7 Å². The van der Waals surface area contributed by atoms with Gasteiger partial charge in [0.05, 0.1) is 0 Å². The van der Waals surface area contributed by atoms with Gasteiger partial charge in [0, 0.05) is 20.0 Å². The summed E-state index contributed by atoms with van der Waals surface area (Å²) < 4.78 is 4.86. The van der Waals surface area contributed by atoms with E-state index in [-0.39, 0.29) is 5.91 Å². The van der Waals surface area contributed by atoms with Gasteiger partial charge in [-0.3, -0.25) is 9.59 Å². The molecule has 1 aromatic carbocycles. The summed E-state index contributed by atoms with van der Waals surface area (Å²) in [6.45, 7) is 21.1. The maximum atomic E-state index is 11.8. The number of aryl methyl sites for hydroxylation is 3. The van der Waals surface area contributed by atoms with Gasteiger partial charge in [0.25, 0.3) is 5.91 Å². The number of ether oxygens (including phenoxy) is 1. The zero-order valence-corrected chi connectivity index (χ0v) is 23.1. The number of hydrogen-bond donors (Lipinski definition) is 1. The zero-order chi connectivity index (χ0) is 26.0. The van der Waals surface area contributed by atoms with E-state index in [1.54, 1.807) is 11.8 Å². The third-order valence-corrected chi connectivity index (χ3v) is 5.19. The second-order valence-electron chi connectivity index (χ2n) is 9.01. The van der Waals surface area contributed by atoms with Gasteiger partial charge in [0.2, 0.25) is 0 Å². The van der Waals surface area contributed by atoms with Crippen LogP contribution < -0.4 is 0 Å². The van der Waals surface area contributed by atoms with Gasteiger partial charge in [-0.25, -0.2) is 0 Å². The van der Waals surface area contributed by atoms with Gasteiger partial charge in [0.1, 0.15) is 5.75 Å². The summed E-state index contributed by atoms with van der Waals surface area (Å²) in [5.74, 6) is 0.869. The Morgan fingerprint density at radius 1 is 0.879 bits per heavy atom. The standard InChI is InChI=1S/C11H21NO3.C9H12O.C8H18/c1-5-7-12(8-6-2)11(14)9(3)15-10(4)13;1-6-4-7(2)9(10)8(3)5-6;1-4-6-8(3)7-5-2/h9H,5-8H2,1-4H3;4-5,10H,1-3H3;8H,4-7H2,1-3H3. The van der Waals surface area contributed by atoms with E-state index in [1.807, 2.05) is 46.8 Å². The van der Waals surface area contributed by atoms with Crippen LogP contribution in [0.5, 0.6) is 5.75 Å². The van der Waals surface area contributed by atoms with Gasteiger partial charge in [-0.15, -0.1) is 0 Å². The molecular weight excluding hydrogens is 414 g/mol. The van der Waals surface area contributed by atoms with Crippen molar-refractivity contribution in [3.8, 4) is 5.75 Å². The number of carbonyl (C=O) groups is 2. The highest BCUT2D eigenvalue weighted by atomic mass is 16.5. The minimum atomic E-state index is -0.666. The molecule has 0 aliphatic carbocycles. The molecule has 1 unspecified atom stereocenters. The Balaban J connectivity index is 0. The van der Waals surface area contributed by atoms with Crippen molar-refractivity contribution in [1.82, 2.24) is 4.90 Å². The number of aromatic hydroxyl groups is 1. The molecule has 1 amide bonds. The molecule has 0 heterocycles. The molecule has 0 saturated carbocycles. The first-order valence-corrected chi connectivity index (χ1v) is 12.7. The summed E-state index contributed by atoms with van der Waals surface area (Å²) in [5, 5.41) is 9.33. The molecule has 1 N–H and O–H groups in total. The molecule has 0 bridgehead atoms. The molecule has 0 aliphatic rings. The Morgan fingerprint density at radius 2 is 1.30 bits per heavy atom. The average Bonchev–Trinajstić information content (AvgIpc) is 2.72. The molecule has 33 heavy (non-hydrogen) atoms. The van der Waals surface area contributed by atoms with Crippen molar-refractivity contribution in [2.24, 2.45) is 5.92 Å². The van der Waals surface area contributed by atoms with Gasteiger partial charge in [-0.1, -0.05) is 78.0 Å². The van der Waals surface area contributed by atoms with E-state index >= 15 is 0 Å².